The van der Waals surface area contributed by atoms with Crippen LogP contribution in [0, 0.1) is 12.8 Å². The number of halogens is 1. The van der Waals surface area contributed by atoms with Crippen LogP contribution in [-0.2, 0) is 26.0 Å². The standard InChI is InChI=1S/C25H34ClN3O4S/c1-18(2)16-27-25(31)20(4)28(14-13-21-9-7-6-8-10-21)24(30)17-29(34(5,32)33)23-15-22(26)12-11-19(23)3/h6-12,15,18,20H,13-14,16-17H2,1-5H3,(H,27,31)/t20-/m0/s1. The second-order valence-electron chi connectivity index (χ2n) is 8.84. The number of amides is 2. The summed E-state index contributed by atoms with van der Waals surface area (Å²) >= 11 is 6.11. The SMILES string of the molecule is Cc1ccc(Cl)cc1N(CC(=O)N(CCc1ccccc1)[C@@H](C)C(=O)NCC(C)C)S(C)(=O)=O. The lowest BCUT2D eigenvalue weighted by atomic mass is 10.1. The van der Waals surface area contributed by atoms with Crippen LogP contribution in [0.1, 0.15) is 31.9 Å². The number of nitrogens with zero attached hydrogens (tertiary/aromatic N) is 2. The van der Waals surface area contributed by atoms with E-state index in [0.717, 1.165) is 16.1 Å². The molecule has 0 saturated heterocycles. The number of rotatable bonds is 11. The zero-order valence-electron chi connectivity index (χ0n) is 20.4. The maximum absolute atomic E-state index is 13.5. The first-order valence-electron chi connectivity index (χ1n) is 11.2. The Bertz CT molecular complexity index is 1090. The summed E-state index contributed by atoms with van der Waals surface area (Å²) in [5, 5.41) is 3.23. The van der Waals surface area contributed by atoms with E-state index in [0.29, 0.717) is 29.2 Å². The van der Waals surface area contributed by atoms with Crippen molar-refractivity contribution in [2.24, 2.45) is 5.92 Å². The molecule has 0 unspecified atom stereocenters. The Morgan fingerprint density at radius 2 is 1.71 bits per heavy atom. The van der Waals surface area contributed by atoms with E-state index in [-0.39, 0.29) is 18.4 Å². The fourth-order valence-electron chi connectivity index (χ4n) is 3.47. The molecule has 2 aromatic rings. The van der Waals surface area contributed by atoms with Gasteiger partial charge in [0.05, 0.1) is 11.9 Å². The Morgan fingerprint density at radius 3 is 2.29 bits per heavy atom. The summed E-state index contributed by atoms with van der Waals surface area (Å²) in [6.45, 7) is 7.71. The first-order valence-corrected chi connectivity index (χ1v) is 13.5. The van der Waals surface area contributed by atoms with Gasteiger partial charge in [0.1, 0.15) is 12.6 Å². The fourth-order valence-corrected chi connectivity index (χ4v) is 4.53. The van der Waals surface area contributed by atoms with Gasteiger partial charge in [-0.25, -0.2) is 8.42 Å². The monoisotopic (exact) mass is 507 g/mol. The van der Waals surface area contributed by atoms with Gasteiger partial charge in [-0.15, -0.1) is 0 Å². The fraction of sp³-hybridized carbons (Fsp3) is 0.440. The molecular formula is C25H34ClN3O4S. The Labute approximate surface area is 208 Å². The van der Waals surface area contributed by atoms with E-state index in [1.165, 1.54) is 11.0 Å². The zero-order valence-corrected chi connectivity index (χ0v) is 22.0. The van der Waals surface area contributed by atoms with Crippen LogP contribution in [-0.4, -0.2) is 57.1 Å². The van der Waals surface area contributed by atoms with Crippen LogP contribution in [0.2, 0.25) is 5.02 Å². The molecule has 0 aliphatic rings. The first-order chi connectivity index (χ1) is 15.9. The number of hydrogen-bond donors (Lipinski definition) is 1. The van der Waals surface area contributed by atoms with Gasteiger partial charge in [-0.2, -0.15) is 0 Å². The minimum absolute atomic E-state index is 0.260. The number of carbonyl (C=O) groups is 2. The maximum Gasteiger partial charge on any atom is 0.244 e. The van der Waals surface area contributed by atoms with Gasteiger partial charge < -0.3 is 10.2 Å². The average molecular weight is 508 g/mol. The third-order valence-corrected chi connectivity index (χ3v) is 6.82. The molecule has 0 spiro atoms. The zero-order chi connectivity index (χ0) is 25.5. The molecule has 0 aliphatic carbocycles. The molecular weight excluding hydrogens is 474 g/mol. The highest BCUT2D eigenvalue weighted by atomic mass is 35.5. The number of benzene rings is 2. The van der Waals surface area contributed by atoms with Crippen molar-refractivity contribution in [1.82, 2.24) is 10.2 Å². The van der Waals surface area contributed by atoms with Crippen molar-refractivity contribution < 1.29 is 18.0 Å². The van der Waals surface area contributed by atoms with Crippen molar-refractivity contribution in [1.29, 1.82) is 0 Å². The lowest BCUT2D eigenvalue weighted by Crippen LogP contribution is -2.52. The molecule has 0 aliphatic heterocycles. The van der Waals surface area contributed by atoms with Crippen LogP contribution < -0.4 is 9.62 Å². The molecule has 0 radical (unpaired) electrons. The van der Waals surface area contributed by atoms with Gasteiger partial charge in [0.15, 0.2) is 0 Å². The van der Waals surface area contributed by atoms with E-state index in [2.05, 4.69) is 5.32 Å². The summed E-state index contributed by atoms with van der Waals surface area (Å²) < 4.78 is 26.3. The third kappa shape index (κ3) is 8.02. The predicted molar refractivity (Wildman–Crippen MR) is 138 cm³/mol. The summed E-state index contributed by atoms with van der Waals surface area (Å²) in [6, 6.07) is 13.8. The van der Waals surface area contributed by atoms with Gasteiger partial charge in [0.25, 0.3) is 0 Å². The maximum atomic E-state index is 13.5. The lowest BCUT2D eigenvalue weighted by Gasteiger charge is -2.32. The number of sulfonamides is 1. The Balaban J connectivity index is 2.33. The van der Waals surface area contributed by atoms with Crippen molar-refractivity contribution in [2.75, 3.05) is 30.2 Å². The summed E-state index contributed by atoms with van der Waals surface area (Å²) in [5.74, 6) is -0.482. The molecule has 0 saturated carbocycles. The average Bonchev–Trinajstić information content (AvgIpc) is 2.77. The molecule has 0 bridgehead atoms. The van der Waals surface area contributed by atoms with E-state index in [1.54, 1.807) is 26.0 Å². The molecule has 186 valence electrons. The van der Waals surface area contributed by atoms with E-state index < -0.39 is 28.5 Å². The Hall–Kier alpha value is -2.58. The molecule has 0 aromatic heterocycles. The summed E-state index contributed by atoms with van der Waals surface area (Å²) in [5.41, 5.74) is 2.02. The minimum Gasteiger partial charge on any atom is -0.354 e. The predicted octanol–water partition coefficient (Wildman–Crippen LogP) is 3.65. The Morgan fingerprint density at radius 1 is 1.06 bits per heavy atom. The van der Waals surface area contributed by atoms with Gasteiger partial charge in [0, 0.05) is 18.1 Å². The van der Waals surface area contributed by atoms with Crippen LogP contribution in [0.15, 0.2) is 48.5 Å². The molecule has 1 atom stereocenters. The molecule has 2 aromatic carbocycles. The molecule has 1 N–H and O–H groups in total. The van der Waals surface area contributed by atoms with E-state index in [1.807, 2.05) is 44.2 Å². The first kappa shape index (κ1) is 27.7. The van der Waals surface area contributed by atoms with Gasteiger partial charge in [-0.1, -0.05) is 61.8 Å². The second-order valence-corrected chi connectivity index (χ2v) is 11.2. The number of nitrogens with one attached hydrogen (secondary N) is 1. The van der Waals surface area contributed by atoms with Crippen LogP contribution in [0.25, 0.3) is 0 Å². The van der Waals surface area contributed by atoms with Crippen LogP contribution in [0.5, 0.6) is 0 Å². The van der Waals surface area contributed by atoms with Crippen molar-refractivity contribution in [3.63, 3.8) is 0 Å². The quantitative estimate of drug-likeness (QED) is 0.503. The molecule has 9 heteroatoms. The normalized spacial score (nSPS) is 12.3. The van der Waals surface area contributed by atoms with E-state index in [4.69, 9.17) is 11.6 Å². The number of hydrogen-bond acceptors (Lipinski definition) is 4. The topological polar surface area (TPSA) is 86.8 Å². The smallest absolute Gasteiger partial charge is 0.244 e. The highest BCUT2D eigenvalue weighted by Crippen LogP contribution is 2.26. The Kier molecular flexibility index (Phi) is 9.94. The van der Waals surface area contributed by atoms with E-state index >= 15 is 0 Å². The molecule has 0 heterocycles. The highest BCUT2D eigenvalue weighted by molar-refractivity contribution is 7.92. The molecule has 0 fully saturated rings. The summed E-state index contributed by atoms with van der Waals surface area (Å²) in [4.78, 5) is 27.7. The molecule has 2 rings (SSSR count). The summed E-state index contributed by atoms with van der Waals surface area (Å²) in [6.07, 6.45) is 1.58. The number of anilines is 1. The second kappa shape index (κ2) is 12.2. The number of aryl methyl sites for hydroxylation is 1. The van der Waals surface area contributed by atoms with Gasteiger partial charge in [-0.05, 0) is 49.4 Å². The highest BCUT2D eigenvalue weighted by Gasteiger charge is 2.30. The molecule has 2 amide bonds. The molecule has 34 heavy (non-hydrogen) atoms. The van der Waals surface area contributed by atoms with Crippen molar-refractivity contribution in [2.45, 2.75) is 40.2 Å². The van der Waals surface area contributed by atoms with Crippen molar-refractivity contribution in [3.05, 3.63) is 64.7 Å². The van der Waals surface area contributed by atoms with E-state index in [9.17, 15) is 18.0 Å². The summed E-state index contributed by atoms with van der Waals surface area (Å²) in [7, 11) is -3.79. The van der Waals surface area contributed by atoms with Gasteiger partial charge in [-0.3, -0.25) is 13.9 Å². The largest absolute Gasteiger partial charge is 0.354 e. The van der Waals surface area contributed by atoms with Crippen molar-refractivity contribution in [3.8, 4) is 0 Å². The van der Waals surface area contributed by atoms with Gasteiger partial charge in [0.2, 0.25) is 21.8 Å². The van der Waals surface area contributed by atoms with Gasteiger partial charge >= 0.3 is 0 Å². The third-order valence-electron chi connectivity index (χ3n) is 5.46. The van der Waals surface area contributed by atoms with Crippen LogP contribution in [0.4, 0.5) is 5.69 Å². The lowest BCUT2D eigenvalue weighted by molar-refractivity contribution is -0.138. The molecule has 7 nitrogen and oxygen atoms in total. The van der Waals surface area contributed by atoms with Crippen LogP contribution in [0.3, 0.4) is 0 Å². The van der Waals surface area contributed by atoms with Crippen molar-refractivity contribution >= 4 is 39.1 Å². The van der Waals surface area contributed by atoms with Crippen LogP contribution >= 0.6 is 11.6 Å². The number of carbonyl (C=O) groups excluding carboxylic acids is 2. The minimum atomic E-state index is -3.79.